The first-order valence-corrected chi connectivity index (χ1v) is 11.2. The van der Waals surface area contributed by atoms with Crippen molar-refractivity contribution in [3.63, 3.8) is 0 Å². The average molecular weight is 485 g/mol. The molecule has 0 atom stereocenters. The Morgan fingerprint density at radius 2 is 1.78 bits per heavy atom. The summed E-state index contributed by atoms with van der Waals surface area (Å²) in [6, 6.07) is 13.3. The Bertz CT molecular complexity index is 1060. The molecule has 0 fully saturated rings. The zero-order valence-electron chi connectivity index (χ0n) is 17.5. The van der Waals surface area contributed by atoms with E-state index in [0.717, 1.165) is 29.0 Å². The van der Waals surface area contributed by atoms with Crippen LogP contribution in [0.5, 0.6) is 5.75 Å². The molecule has 0 bridgehead atoms. The number of hydrogen-bond acceptors (Lipinski definition) is 5. The summed E-state index contributed by atoms with van der Waals surface area (Å²) in [6.07, 6.45) is -3.93. The maximum atomic E-state index is 12.4. The monoisotopic (exact) mass is 484 g/mol. The van der Waals surface area contributed by atoms with E-state index in [-0.39, 0.29) is 5.75 Å². The van der Waals surface area contributed by atoms with Gasteiger partial charge in [-0.15, -0.1) is 24.5 Å². The number of aromatic nitrogens is 1. The topological polar surface area (TPSA) is 55.8 Å². The van der Waals surface area contributed by atoms with Gasteiger partial charge in [0.25, 0.3) is 0 Å². The normalized spacial score (nSPS) is 12.5. The van der Waals surface area contributed by atoms with Crippen molar-refractivity contribution in [2.75, 3.05) is 13.6 Å². The molecule has 1 heterocycles. The number of hydrogen-bond donors (Lipinski definition) is 1. The second-order valence-corrected chi connectivity index (χ2v) is 8.53. The minimum atomic E-state index is -4.72. The fourth-order valence-corrected chi connectivity index (χ4v) is 4.20. The van der Waals surface area contributed by atoms with Crippen LogP contribution in [0.15, 0.2) is 58.9 Å². The Morgan fingerprint density at radius 1 is 1.09 bits per heavy atom. The fraction of sp³-hybridized carbons (Fsp3) is 0.318. The zero-order chi connectivity index (χ0) is 23.1. The number of thiazole rings is 1. The van der Waals surface area contributed by atoms with Crippen LogP contribution in [0.25, 0.3) is 0 Å². The maximum Gasteiger partial charge on any atom is 0.573 e. The van der Waals surface area contributed by atoms with Crippen LogP contribution in [-0.4, -0.2) is 29.4 Å². The summed E-state index contributed by atoms with van der Waals surface area (Å²) in [4.78, 5) is 7.58. The summed E-state index contributed by atoms with van der Waals surface area (Å²) in [5, 5.41) is 2.76. The van der Waals surface area contributed by atoms with Crippen molar-refractivity contribution in [1.29, 1.82) is 0 Å². The lowest BCUT2D eigenvalue weighted by Crippen LogP contribution is -2.24. The first-order valence-electron chi connectivity index (χ1n) is 9.94. The number of rotatable bonds is 9. The SMILES string of the molecule is CN(Cc1ccc(Cl)cc1)Cc1csc(=Nc2ccc(OC(F)(F)F)cc2)n1CCCN. The van der Waals surface area contributed by atoms with Gasteiger partial charge in [0.2, 0.25) is 0 Å². The molecule has 0 aliphatic carbocycles. The van der Waals surface area contributed by atoms with Crippen LogP contribution in [0, 0.1) is 0 Å². The van der Waals surface area contributed by atoms with Gasteiger partial charge >= 0.3 is 6.36 Å². The molecule has 10 heteroatoms. The molecule has 0 saturated heterocycles. The van der Waals surface area contributed by atoms with Gasteiger partial charge in [0.05, 0.1) is 5.69 Å². The standard InChI is InChI=1S/C22H24ClF3N4OS/c1-29(13-16-3-5-17(23)6-4-16)14-19-15-32-21(30(19)12-2-11-27)28-18-7-9-20(10-8-18)31-22(24,25)26/h3-10,15H,2,11-14,27H2,1H3. The predicted molar refractivity (Wildman–Crippen MR) is 121 cm³/mol. The highest BCUT2D eigenvalue weighted by Crippen LogP contribution is 2.25. The van der Waals surface area contributed by atoms with Gasteiger partial charge in [-0.05, 0) is 62.0 Å². The third-order valence-electron chi connectivity index (χ3n) is 4.56. The highest BCUT2D eigenvalue weighted by molar-refractivity contribution is 7.07. The van der Waals surface area contributed by atoms with Gasteiger partial charge in [-0.1, -0.05) is 23.7 Å². The molecule has 0 spiro atoms. The van der Waals surface area contributed by atoms with Crippen LogP contribution >= 0.6 is 22.9 Å². The van der Waals surface area contributed by atoms with Gasteiger partial charge in [-0.2, -0.15) is 0 Å². The molecule has 0 amide bonds. The summed E-state index contributed by atoms with van der Waals surface area (Å²) in [5.41, 5.74) is 8.51. The van der Waals surface area contributed by atoms with Crippen LogP contribution in [0.1, 0.15) is 17.7 Å². The second kappa shape index (κ2) is 11.0. The molecule has 32 heavy (non-hydrogen) atoms. The van der Waals surface area contributed by atoms with E-state index in [0.29, 0.717) is 30.3 Å². The molecule has 2 aromatic carbocycles. The Hall–Kier alpha value is -2.33. The summed E-state index contributed by atoms with van der Waals surface area (Å²) >= 11 is 7.45. The number of benzene rings is 2. The summed E-state index contributed by atoms with van der Waals surface area (Å²) in [5.74, 6) is -0.275. The lowest BCUT2D eigenvalue weighted by atomic mass is 10.2. The van der Waals surface area contributed by atoms with Crippen LogP contribution in [0.2, 0.25) is 5.02 Å². The maximum absolute atomic E-state index is 12.4. The third kappa shape index (κ3) is 7.37. The van der Waals surface area contributed by atoms with E-state index in [1.165, 1.54) is 35.6 Å². The van der Waals surface area contributed by atoms with Crippen molar-refractivity contribution < 1.29 is 17.9 Å². The third-order valence-corrected chi connectivity index (χ3v) is 5.72. The molecular weight excluding hydrogens is 461 g/mol. The molecule has 5 nitrogen and oxygen atoms in total. The lowest BCUT2D eigenvalue weighted by molar-refractivity contribution is -0.274. The minimum Gasteiger partial charge on any atom is -0.406 e. The molecule has 0 radical (unpaired) electrons. The van der Waals surface area contributed by atoms with Gasteiger partial charge in [0.15, 0.2) is 4.80 Å². The van der Waals surface area contributed by atoms with Gasteiger partial charge < -0.3 is 15.0 Å². The minimum absolute atomic E-state index is 0.275. The van der Waals surface area contributed by atoms with Gasteiger partial charge in [-0.3, -0.25) is 4.90 Å². The number of nitrogens with two attached hydrogens (primary N) is 1. The van der Waals surface area contributed by atoms with Crippen molar-refractivity contribution >= 4 is 28.6 Å². The van der Waals surface area contributed by atoms with Crippen molar-refractivity contribution in [1.82, 2.24) is 9.47 Å². The Morgan fingerprint density at radius 3 is 2.41 bits per heavy atom. The summed E-state index contributed by atoms with van der Waals surface area (Å²) in [6.45, 7) is 2.72. The molecule has 0 aliphatic rings. The second-order valence-electron chi connectivity index (χ2n) is 7.26. The largest absolute Gasteiger partial charge is 0.573 e. The molecule has 0 saturated carbocycles. The molecular formula is C22H24ClF3N4OS. The van der Waals surface area contributed by atoms with Crippen LogP contribution < -0.4 is 15.3 Å². The summed E-state index contributed by atoms with van der Waals surface area (Å²) in [7, 11) is 2.04. The van der Waals surface area contributed by atoms with E-state index in [1.807, 2.05) is 31.3 Å². The Labute approximate surface area is 193 Å². The van der Waals surface area contributed by atoms with E-state index < -0.39 is 6.36 Å². The molecule has 1 aromatic heterocycles. The van der Waals surface area contributed by atoms with E-state index in [9.17, 15) is 13.2 Å². The quantitative estimate of drug-likeness (QED) is 0.447. The molecule has 0 aliphatic heterocycles. The summed E-state index contributed by atoms with van der Waals surface area (Å²) < 4.78 is 43.1. The number of alkyl halides is 3. The predicted octanol–water partition coefficient (Wildman–Crippen LogP) is 5.31. The van der Waals surface area contributed by atoms with E-state index in [4.69, 9.17) is 17.3 Å². The van der Waals surface area contributed by atoms with Crippen LogP contribution in [-0.2, 0) is 19.6 Å². The molecule has 0 unspecified atom stereocenters. The van der Waals surface area contributed by atoms with Gasteiger partial charge in [0.1, 0.15) is 5.75 Å². The van der Waals surface area contributed by atoms with Crippen LogP contribution in [0.3, 0.4) is 0 Å². The van der Waals surface area contributed by atoms with E-state index in [2.05, 4.69) is 24.6 Å². The smallest absolute Gasteiger partial charge is 0.406 e. The first-order chi connectivity index (χ1) is 15.2. The molecule has 3 aromatic rings. The van der Waals surface area contributed by atoms with Gasteiger partial charge in [0, 0.05) is 35.7 Å². The number of ether oxygens (including phenoxy) is 1. The highest BCUT2D eigenvalue weighted by Gasteiger charge is 2.30. The first kappa shape index (κ1) is 24.3. The van der Waals surface area contributed by atoms with Gasteiger partial charge in [-0.25, -0.2) is 4.99 Å². The van der Waals surface area contributed by atoms with Crippen molar-refractivity contribution in [3.8, 4) is 5.75 Å². The highest BCUT2D eigenvalue weighted by atomic mass is 35.5. The lowest BCUT2D eigenvalue weighted by Gasteiger charge is -2.18. The number of nitrogens with zero attached hydrogens (tertiary/aromatic N) is 3. The molecule has 2 N–H and O–H groups in total. The van der Waals surface area contributed by atoms with Crippen molar-refractivity contribution in [2.45, 2.75) is 32.4 Å². The average Bonchev–Trinajstić information content (AvgIpc) is 3.09. The van der Waals surface area contributed by atoms with Crippen molar-refractivity contribution in [3.05, 3.63) is 75.0 Å². The fourth-order valence-electron chi connectivity index (χ4n) is 3.14. The number of halogens is 4. The molecule has 172 valence electrons. The Kier molecular flexibility index (Phi) is 8.36. The van der Waals surface area contributed by atoms with Crippen molar-refractivity contribution in [2.24, 2.45) is 10.7 Å². The zero-order valence-corrected chi connectivity index (χ0v) is 19.1. The van der Waals surface area contributed by atoms with E-state index in [1.54, 1.807) is 0 Å². The van der Waals surface area contributed by atoms with E-state index >= 15 is 0 Å². The molecule has 3 rings (SSSR count). The van der Waals surface area contributed by atoms with Crippen LogP contribution in [0.4, 0.5) is 18.9 Å². The Balaban J connectivity index is 1.78.